The monoisotopic (exact) mass is 782 g/mol. The first-order chi connectivity index (χ1) is 26.0. The van der Waals surface area contributed by atoms with Crippen LogP contribution in [0.25, 0.3) is 0 Å². The molecule has 0 aliphatic heterocycles. The van der Waals surface area contributed by atoms with E-state index >= 15 is 0 Å². The van der Waals surface area contributed by atoms with Gasteiger partial charge in [-0.25, -0.2) is 0 Å². The Balaban J connectivity index is 4.47. The molecule has 314 valence electrons. The van der Waals surface area contributed by atoms with Gasteiger partial charge >= 0.3 is 11.9 Å². The minimum absolute atomic E-state index is 0.0405. The van der Waals surface area contributed by atoms with E-state index in [-0.39, 0.29) is 26.1 Å². The molecular weight excluding hydrogens is 701 g/mol. The van der Waals surface area contributed by atoms with Crippen molar-refractivity contribution in [3.63, 3.8) is 0 Å². The van der Waals surface area contributed by atoms with Crippen molar-refractivity contribution in [1.29, 1.82) is 0 Å². The summed E-state index contributed by atoms with van der Waals surface area (Å²) in [5.74, 6) is -0.892. The highest BCUT2D eigenvalue weighted by Gasteiger charge is 2.21. The lowest BCUT2D eigenvalue weighted by Gasteiger charge is -2.28. The summed E-state index contributed by atoms with van der Waals surface area (Å²) in [7, 11) is 1.13. The number of carbonyl (C=O) groups excluding carboxylic acids is 2. The topological polar surface area (TPSA) is 111 Å². The molecule has 54 heavy (non-hydrogen) atoms. The summed E-state index contributed by atoms with van der Waals surface area (Å²) in [4.78, 5) is 37.4. The number of hydrogen-bond donors (Lipinski definition) is 0. The number of esters is 2. The molecule has 10 heteroatoms. The van der Waals surface area contributed by atoms with Gasteiger partial charge < -0.3 is 27.9 Å². The largest absolute Gasteiger partial charge is 0.756 e. The van der Waals surface area contributed by atoms with Crippen LogP contribution in [0, 0.1) is 0 Å². The van der Waals surface area contributed by atoms with Gasteiger partial charge in [-0.1, -0.05) is 127 Å². The van der Waals surface area contributed by atoms with E-state index in [4.69, 9.17) is 18.5 Å². The van der Waals surface area contributed by atoms with E-state index in [0.717, 1.165) is 64.2 Å². The minimum Gasteiger partial charge on any atom is -0.756 e. The van der Waals surface area contributed by atoms with Gasteiger partial charge in [-0.05, 0) is 77.0 Å². The first-order valence-corrected chi connectivity index (χ1v) is 22.8. The molecule has 0 bridgehead atoms. The average Bonchev–Trinajstić information content (AvgIpc) is 3.12. The summed E-state index contributed by atoms with van der Waals surface area (Å²) in [6.07, 6.45) is 41.4. The molecule has 0 amide bonds. The Morgan fingerprint density at radius 1 is 0.574 bits per heavy atom. The standard InChI is InChI=1S/C44H80NO8P/c1-6-8-10-12-14-16-18-20-22-24-26-28-30-32-34-36-43(46)50-40-42(41-52-54(48,49)51-39-38-45(3,4)5)53-44(47)37-35-33-31-29-27-25-23-21-19-17-15-13-11-9-7-2/h14,16,20-23,27,29,42H,6-13,15,17-19,24-26,28,30-41H2,1-5H3/b16-14+,22-20+,23-21+,29-27+/t42-/m1/s1. The van der Waals surface area contributed by atoms with Crippen LogP contribution in [0.2, 0.25) is 0 Å². The molecule has 0 radical (unpaired) electrons. The van der Waals surface area contributed by atoms with Gasteiger partial charge in [0.1, 0.15) is 19.8 Å². The van der Waals surface area contributed by atoms with Crippen LogP contribution in [-0.2, 0) is 32.7 Å². The Labute approximate surface area is 331 Å². The highest BCUT2D eigenvalue weighted by molar-refractivity contribution is 7.45. The summed E-state index contributed by atoms with van der Waals surface area (Å²) < 4.78 is 33.8. The molecule has 0 N–H and O–H groups in total. The fraction of sp³-hybridized carbons (Fsp3) is 0.773. The van der Waals surface area contributed by atoms with Crippen molar-refractivity contribution in [3.8, 4) is 0 Å². The lowest BCUT2D eigenvalue weighted by atomic mass is 10.1. The molecule has 0 spiro atoms. The average molecular weight is 782 g/mol. The van der Waals surface area contributed by atoms with Gasteiger partial charge in [0.15, 0.2) is 6.10 Å². The fourth-order valence-corrected chi connectivity index (χ4v) is 6.15. The zero-order valence-corrected chi connectivity index (χ0v) is 36.0. The third-order valence-corrected chi connectivity index (χ3v) is 9.79. The Hall–Kier alpha value is -2.03. The molecule has 0 aliphatic rings. The predicted molar refractivity (Wildman–Crippen MR) is 222 cm³/mol. The molecule has 1 unspecified atom stereocenters. The number of unbranched alkanes of at least 4 members (excludes halogenated alkanes) is 16. The van der Waals surface area contributed by atoms with Crippen molar-refractivity contribution < 1.29 is 42.1 Å². The summed E-state index contributed by atoms with van der Waals surface area (Å²) in [5.41, 5.74) is 0. The molecule has 0 heterocycles. The normalized spacial score (nSPS) is 14.1. The molecule has 0 saturated carbocycles. The highest BCUT2D eigenvalue weighted by Crippen LogP contribution is 2.38. The Morgan fingerprint density at radius 3 is 1.54 bits per heavy atom. The quantitative estimate of drug-likeness (QED) is 0.0200. The highest BCUT2D eigenvalue weighted by atomic mass is 31.2. The molecule has 0 aromatic carbocycles. The second-order valence-electron chi connectivity index (χ2n) is 15.3. The molecule has 2 atom stereocenters. The van der Waals surface area contributed by atoms with Gasteiger partial charge in [0, 0.05) is 12.8 Å². The summed E-state index contributed by atoms with van der Waals surface area (Å²) >= 11 is 0. The Kier molecular flexibility index (Phi) is 35.2. The molecule has 0 saturated heterocycles. The molecule has 0 aromatic heterocycles. The van der Waals surface area contributed by atoms with Crippen LogP contribution in [0.5, 0.6) is 0 Å². The third-order valence-electron chi connectivity index (χ3n) is 8.82. The van der Waals surface area contributed by atoms with Crippen LogP contribution in [0.4, 0.5) is 0 Å². The van der Waals surface area contributed by atoms with Gasteiger partial charge in [0.05, 0.1) is 27.7 Å². The van der Waals surface area contributed by atoms with Crippen molar-refractivity contribution in [2.75, 3.05) is 47.5 Å². The molecule has 0 rings (SSSR count). The summed E-state index contributed by atoms with van der Waals surface area (Å²) in [6, 6.07) is 0. The number of hydrogen-bond acceptors (Lipinski definition) is 8. The van der Waals surface area contributed by atoms with Gasteiger partial charge in [-0.3, -0.25) is 14.2 Å². The number of phosphoric ester groups is 1. The van der Waals surface area contributed by atoms with Gasteiger partial charge in [-0.15, -0.1) is 0 Å². The number of carbonyl (C=O) groups is 2. The first-order valence-electron chi connectivity index (χ1n) is 21.3. The lowest BCUT2D eigenvalue weighted by Crippen LogP contribution is -2.37. The number of phosphoric acid groups is 1. The van der Waals surface area contributed by atoms with Crippen molar-refractivity contribution in [3.05, 3.63) is 48.6 Å². The van der Waals surface area contributed by atoms with Crippen molar-refractivity contribution >= 4 is 19.8 Å². The van der Waals surface area contributed by atoms with Crippen LogP contribution in [-0.4, -0.2) is 70.0 Å². The van der Waals surface area contributed by atoms with Crippen LogP contribution in [0.3, 0.4) is 0 Å². The number of allylic oxidation sites excluding steroid dienone is 8. The van der Waals surface area contributed by atoms with E-state index in [1.54, 1.807) is 0 Å². The Morgan fingerprint density at radius 2 is 1.00 bits per heavy atom. The number of quaternary nitrogens is 1. The molecule has 9 nitrogen and oxygen atoms in total. The van der Waals surface area contributed by atoms with Crippen LogP contribution < -0.4 is 4.89 Å². The van der Waals surface area contributed by atoms with Crippen molar-refractivity contribution in [2.24, 2.45) is 0 Å². The molecular formula is C44H80NO8P. The molecule has 0 aliphatic carbocycles. The minimum atomic E-state index is -4.63. The smallest absolute Gasteiger partial charge is 0.306 e. The van der Waals surface area contributed by atoms with E-state index in [9.17, 15) is 19.0 Å². The number of likely N-dealkylation sites (N-methyl/N-ethyl adjacent to an activating group) is 1. The predicted octanol–water partition coefficient (Wildman–Crippen LogP) is 11.3. The van der Waals surface area contributed by atoms with E-state index in [2.05, 4.69) is 62.5 Å². The zero-order valence-electron chi connectivity index (χ0n) is 35.2. The maximum Gasteiger partial charge on any atom is 0.306 e. The second-order valence-corrected chi connectivity index (χ2v) is 16.8. The van der Waals surface area contributed by atoms with Crippen molar-refractivity contribution in [2.45, 2.75) is 174 Å². The Bertz CT molecular complexity index is 1070. The zero-order chi connectivity index (χ0) is 40.0. The third kappa shape index (κ3) is 39.7. The van der Waals surface area contributed by atoms with Gasteiger partial charge in [0.2, 0.25) is 0 Å². The van der Waals surface area contributed by atoms with Gasteiger partial charge in [0.25, 0.3) is 7.82 Å². The van der Waals surface area contributed by atoms with Crippen molar-refractivity contribution in [1.82, 2.24) is 0 Å². The maximum atomic E-state index is 12.6. The SMILES string of the molecule is CCCCC/C=C/C/C=C/CCCCCCCC(=O)OC[C@H](COP(=O)([O-])OCC[N+](C)(C)C)OC(=O)CCCC/C=C/C/C=C/CCCCCCCC. The number of rotatable bonds is 38. The van der Waals surface area contributed by atoms with Crippen LogP contribution in [0.15, 0.2) is 48.6 Å². The maximum absolute atomic E-state index is 12.6. The lowest BCUT2D eigenvalue weighted by molar-refractivity contribution is -0.870. The summed E-state index contributed by atoms with van der Waals surface area (Å²) in [6.45, 7) is 4.12. The van der Waals surface area contributed by atoms with Crippen LogP contribution >= 0.6 is 7.82 Å². The first kappa shape index (κ1) is 52.0. The van der Waals surface area contributed by atoms with E-state index in [1.165, 1.54) is 64.2 Å². The fourth-order valence-electron chi connectivity index (χ4n) is 5.42. The second kappa shape index (κ2) is 36.6. The molecule has 0 aromatic rings. The van der Waals surface area contributed by atoms with Gasteiger partial charge in [-0.2, -0.15) is 0 Å². The molecule has 0 fully saturated rings. The van der Waals surface area contributed by atoms with Crippen LogP contribution in [0.1, 0.15) is 168 Å². The van der Waals surface area contributed by atoms with E-state index in [0.29, 0.717) is 23.9 Å². The number of nitrogens with zero attached hydrogens (tertiary/aromatic N) is 1. The van der Waals surface area contributed by atoms with E-state index in [1.807, 2.05) is 21.1 Å². The van der Waals surface area contributed by atoms with E-state index < -0.39 is 32.5 Å². The number of ether oxygens (including phenoxy) is 2. The summed E-state index contributed by atoms with van der Waals surface area (Å²) in [5, 5.41) is 0.